The van der Waals surface area contributed by atoms with E-state index in [4.69, 9.17) is 21.1 Å². The Morgan fingerprint density at radius 2 is 1.65 bits per heavy atom. The van der Waals surface area contributed by atoms with Crippen LogP contribution in [0.3, 0.4) is 0 Å². The molecule has 1 unspecified atom stereocenters. The van der Waals surface area contributed by atoms with Crippen LogP contribution in [0.5, 0.6) is 17.2 Å². The molecule has 5 nitrogen and oxygen atoms in total. The second kappa shape index (κ2) is 12.5. The van der Waals surface area contributed by atoms with Gasteiger partial charge in [-0.1, -0.05) is 43.1 Å². The van der Waals surface area contributed by atoms with Crippen LogP contribution in [0, 0.1) is 0 Å². The van der Waals surface area contributed by atoms with E-state index in [1.807, 2.05) is 54.6 Å². The van der Waals surface area contributed by atoms with Crippen LogP contribution in [0.2, 0.25) is 5.02 Å². The molecule has 1 atom stereocenters. The topological polar surface area (TPSA) is 64.6 Å². The fourth-order valence-corrected chi connectivity index (χ4v) is 5.41. The van der Waals surface area contributed by atoms with Gasteiger partial charge in [0.2, 0.25) is 5.91 Å². The van der Waals surface area contributed by atoms with E-state index in [9.17, 15) is 9.59 Å². The van der Waals surface area contributed by atoms with Gasteiger partial charge in [0.15, 0.2) is 0 Å². The number of carbonyl (C=O) groups is 2. The van der Waals surface area contributed by atoms with Gasteiger partial charge in [0.1, 0.15) is 22.0 Å². The van der Waals surface area contributed by atoms with Gasteiger partial charge >= 0.3 is 0 Å². The maximum Gasteiger partial charge on any atom is 0.287 e. The van der Waals surface area contributed by atoms with Gasteiger partial charge in [-0.25, -0.2) is 0 Å². The van der Waals surface area contributed by atoms with Gasteiger partial charge < -0.3 is 9.47 Å². The smallest absolute Gasteiger partial charge is 0.287 e. The van der Waals surface area contributed by atoms with E-state index in [0.717, 1.165) is 67.3 Å². The van der Waals surface area contributed by atoms with E-state index in [1.165, 1.54) is 11.1 Å². The van der Waals surface area contributed by atoms with Gasteiger partial charge in [-0.3, -0.25) is 14.9 Å². The van der Waals surface area contributed by atoms with Crippen molar-refractivity contribution in [3.05, 3.63) is 88.4 Å². The number of hydrogen-bond donors (Lipinski definition) is 1. The first-order chi connectivity index (χ1) is 17.9. The van der Waals surface area contributed by atoms with Crippen molar-refractivity contribution >= 4 is 34.5 Å². The minimum atomic E-state index is -0.915. The Hall–Kier alpha value is -2.96. The van der Waals surface area contributed by atoms with Gasteiger partial charge in [0, 0.05) is 5.02 Å². The summed E-state index contributed by atoms with van der Waals surface area (Å²) in [5.41, 5.74) is 3.47. The average molecular weight is 538 g/mol. The van der Waals surface area contributed by atoms with E-state index in [2.05, 4.69) is 24.4 Å². The third-order valence-corrected chi connectivity index (χ3v) is 7.80. The number of aryl methyl sites for hydroxylation is 2. The predicted molar refractivity (Wildman–Crippen MR) is 150 cm³/mol. The van der Waals surface area contributed by atoms with E-state index in [-0.39, 0.29) is 11.1 Å². The van der Waals surface area contributed by atoms with E-state index in [1.54, 1.807) is 6.92 Å². The van der Waals surface area contributed by atoms with Crippen LogP contribution in [0.1, 0.15) is 56.2 Å². The number of amides is 2. The van der Waals surface area contributed by atoms with Crippen LogP contribution in [0.4, 0.5) is 4.79 Å². The number of hydrogen-bond acceptors (Lipinski definition) is 5. The molecule has 3 aromatic carbocycles. The zero-order chi connectivity index (χ0) is 26.3. The largest absolute Gasteiger partial charge is 0.494 e. The molecule has 1 aliphatic heterocycles. The minimum Gasteiger partial charge on any atom is -0.494 e. The van der Waals surface area contributed by atoms with E-state index < -0.39 is 4.75 Å². The number of rotatable bonds is 12. The summed E-state index contributed by atoms with van der Waals surface area (Å²) in [6.07, 6.45) is 6.19. The van der Waals surface area contributed by atoms with Gasteiger partial charge in [-0.15, -0.1) is 0 Å². The molecular formula is C30H32ClNO4S. The molecule has 0 aromatic heterocycles. The third-order valence-electron chi connectivity index (χ3n) is 6.44. The highest BCUT2D eigenvalue weighted by Gasteiger charge is 2.45. The van der Waals surface area contributed by atoms with Crippen molar-refractivity contribution in [2.24, 2.45) is 0 Å². The van der Waals surface area contributed by atoms with Crippen molar-refractivity contribution < 1.29 is 19.1 Å². The molecule has 1 fully saturated rings. The monoisotopic (exact) mass is 537 g/mol. The van der Waals surface area contributed by atoms with Crippen LogP contribution in [-0.2, 0) is 22.4 Å². The van der Waals surface area contributed by atoms with Gasteiger partial charge in [0.05, 0.1) is 6.61 Å². The number of unbranched alkanes of at least 4 members (excludes halogenated alkanes) is 2. The Labute approximate surface area is 227 Å². The zero-order valence-corrected chi connectivity index (χ0v) is 22.8. The summed E-state index contributed by atoms with van der Waals surface area (Å²) in [4.78, 5) is 23.9. The maximum absolute atomic E-state index is 12.2. The van der Waals surface area contributed by atoms with Crippen LogP contribution in [-0.4, -0.2) is 17.8 Å². The number of imide groups is 1. The van der Waals surface area contributed by atoms with Crippen LogP contribution < -0.4 is 14.8 Å². The van der Waals surface area contributed by atoms with Crippen molar-refractivity contribution in [2.75, 3.05) is 6.61 Å². The van der Waals surface area contributed by atoms with Crippen molar-refractivity contribution in [1.82, 2.24) is 5.32 Å². The van der Waals surface area contributed by atoms with Crippen molar-refractivity contribution in [1.29, 1.82) is 0 Å². The maximum atomic E-state index is 12.2. The Morgan fingerprint density at radius 3 is 2.38 bits per heavy atom. The number of thioether (sulfide) groups is 1. The summed E-state index contributed by atoms with van der Waals surface area (Å²) < 4.78 is 11.1. The summed E-state index contributed by atoms with van der Waals surface area (Å²) in [6, 6.07) is 21.2. The quantitative estimate of drug-likeness (QED) is 0.237. The summed E-state index contributed by atoms with van der Waals surface area (Å²) >= 11 is 6.98. The molecule has 0 bridgehead atoms. The lowest BCUT2D eigenvalue weighted by molar-refractivity contribution is -0.121. The molecule has 1 N–H and O–H groups in total. The molecule has 2 amide bonds. The Morgan fingerprint density at radius 1 is 0.865 bits per heavy atom. The molecule has 1 aliphatic rings. The molecule has 0 spiro atoms. The average Bonchev–Trinajstić information content (AvgIpc) is 3.16. The summed E-state index contributed by atoms with van der Waals surface area (Å²) in [7, 11) is 0. The van der Waals surface area contributed by atoms with Gasteiger partial charge in [-0.2, -0.15) is 0 Å². The minimum absolute atomic E-state index is 0.285. The molecule has 37 heavy (non-hydrogen) atoms. The van der Waals surface area contributed by atoms with Crippen LogP contribution in [0.15, 0.2) is 66.7 Å². The molecule has 194 valence electrons. The lowest BCUT2D eigenvalue weighted by Crippen LogP contribution is -2.31. The number of benzene rings is 3. The molecule has 0 saturated carbocycles. The SMILES string of the molecule is CCCc1cc(Oc2ccc(Cl)cc2)ccc1CCCCCOc1cccc(C2(C)SC(=O)NC2=O)c1. The molecule has 0 aliphatic carbocycles. The Balaban J connectivity index is 1.25. The summed E-state index contributed by atoms with van der Waals surface area (Å²) in [6.45, 7) is 4.56. The first kappa shape index (κ1) is 27.1. The Bertz CT molecular complexity index is 1250. The molecular weight excluding hydrogens is 506 g/mol. The fraction of sp³-hybridized carbons (Fsp3) is 0.333. The number of carbonyl (C=O) groups excluding carboxylic acids is 2. The van der Waals surface area contributed by atoms with Crippen LogP contribution in [0.25, 0.3) is 0 Å². The highest BCUT2D eigenvalue weighted by Crippen LogP contribution is 2.41. The van der Waals surface area contributed by atoms with E-state index in [0.29, 0.717) is 17.4 Å². The lowest BCUT2D eigenvalue weighted by Gasteiger charge is -2.19. The molecule has 4 rings (SSSR count). The van der Waals surface area contributed by atoms with E-state index >= 15 is 0 Å². The number of nitrogens with one attached hydrogen (secondary N) is 1. The fourth-order valence-electron chi connectivity index (χ4n) is 4.38. The normalized spacial score (nSPS) is 17.1. The van der Waals surface area contributed by atoms with Gasteiger partial charge in [-0.05, 0) is 116 Å². The predicted octanol–water partition coefficient (Wildman–Crippen LogP) is 8.07. The van der Waals surface area contributed by atoms with Crippen LogP contribution >= 0.6 is 23.4 Å². The lowest BCUT2D eigenvalue weighted by atomic mass is 9.98. The number of halogens is 1. The summed E-state index contributed by atoms with van der Waals surface area (Å²) in [5.74, 6) is 2.05. The first-order valence-corrected chi connectivity index (χ1v) is 13.9. The molecule has 0 radical (unpaired) electrons. The standard InChI is InChI=1S/C30H32ClNO4S/c1-3-8-22-19-27(36-25-16-13-24(31)14-17-25)15-12-21(22)9-5-4-6-18-35-26-11-7-10-23(20-26)30(2)28(33)32-29(34)37-30/h7,10-17,19-20H,3-6,8-9,18H2,1-2H3,(H,32,33,34). The van der Waals surface area contributed by atoms with Gasteiger partial charge in [0.25, 0.3) is 5.24 Å². The zero-order valence-electron chi connectivity index (χ0n) is 21.2. The molecule has 7 heteroatoms. The molecule has 3 aromatic rings. The highest BCUT2D eigenvalue weighted by molar-refractivity contribution is 8.15. The number of ether oxygens (including phenoxy) is 2. The second-order valence-electron chi connectivity index (χ2n) is 9.30. The Kier molecular flexibility index (Phi) is 9.17. The second-order valence-corrected chi connectivity index (χ2v) is 11.1. The van der Waals surface area contributed by atoms with Crippen molar-refractivity contribution in [3.8, 4) is 17.2 Å². The van der Waals surface area contributed by atoms with Crippen molar-refractivity contribution in [2.45, 2.75) is 57.1 Å². The summed E-state index contributed by atoms with van der Waals surface area (Å²) in [5, 5.41) is 2.74. The first-order valence-electron chi connectivity index (χ1n) is 12.7. The highest BCUT2D eigenvalue weighted by atomic mass is 35.5. The van der Waals surface area contributed by atoms with Crippen molar-refractivity contribution in [3.63, 3.8) is 0 Å². The third kappa shape index (κ3) is 7.08. The molecule has 1 saturated heterocycles. The molecule has 1 heterocycles.